The Morgan fingerprint density at radius 3 is 2.90 bits per heavy atom. The van der Waals surface area contributed by atoms with Crippen molar-refractivity contribution in [2.24, 2.45) is 0 Å². The zero-order valence-corrected chi connectivity index (χ0v) is 11.5. The molecule has 1 aromatic carbocycles. The number of nitrogens with one attached hydrogen (secondary N) is 1. The topological polar surface area (TPSA) is 43.4 Å². The zero-order chi connectivity index (χ0) is 14.4. The molecule has 1 heterocycles. The molecule has 20 heavy (non-hydrogen) atoms. The molecule has 0 aliphatic heterocycles. The number of methoxy groups -OCH3 is 1. The highest BCUT2D eigenvalue weighted by atomic mass is 19.1. The maximum Gasteiger partial charge on any atom is 0.218 e. The van der Waals surface area contributed by atoms with Gasteiger partial charge in [-0.2, -0.15) is 0 Å². The van der Waals surface area contributed by atoms with Crippen LogP contribution < -0.4 is 14.8 Å². The smallest absolute Gasteiger partial charge is 0.218 e. The molecule has 0 fully saturated rings. The van der Waals surface area contributed by atoms with E-state index in [2.05, 4.69) is 10.3 Å². The Bertz CT molecular complexity index is 576. The Balaban J connectivity index is 2.09. The number of hydrogen-bond donors (Lipinski definition) is 1. The second kappa shape index (κ2) is 6.86. The highest BCUT2D eigenvalue weighted by Crippen LogP contribution is 2.19. The summed E-state index contributed by atoms with van der Waals surface area (Å²) in [5.74, 6) is 0.834. The van der Waals surface area contributed by atoms with Crippen LogP contribution in [0.2, 0.25) is 0 Å². The van der Waals surface area contributed by atoms with Crippen LogP contribution in [0.15, 0.2) is 36.5 Å². The number of benzene rings is 1. The molecule has 0 atom stereocenters. The number of rotatable bonds is 6. The van der Waals surface area contributed by atoms with Crippen LogP contribution in [0.3, 0.4) is 0 Å². The van der Waals surface area contributed by atoms with Crippen LogP contribution in [0.4, 0.5) is 4.39 Å². The van der Waals surface area contributed by atoms with Crippen LogP contribution in [0, 0.1) is 5.82 Å². The lowest BCUT2D eigenvalue weighted by Crippen LogP contribution is -2.09. The third-order valence-corrected chi connectivity index (χ3v) is 2.77. The summed E-state index contributed by atoms with van der Waals surface area (Å²) >= 11 is 0. The number of pyridine rings is 1. The van der Waals surface area contributed by atoms with Crippen LogP contribution in [0.5, 0.6) is 11.6 Å². The van der Waals surface area contributed by atoms with Crippen molar-refractivity contribution in [3.8, 4) is 11.6 Å². The van der Waals surface area contributed by atoms with Crippen molar-refractivity contribution in [2.45, 2.75) is 13.2 Å². The fourth-order valence-electron chi connectivity index (χ4n) is 1.83. The maximum atomic E-state index is 13.2. The van der Waals surface area contributed by atoms with Crippen LogP contribution in [-0.4, -0.2) is 19.1 Å². The van der Waals surface area contributed by atoms with E-state index in [1.54, 1.807) is 14.2 Å². The van der Waals surface area contributed by atoms with Gasteiger partial charge >= 0.3 is 0 Å². The second-order valence-corrected chi connectivity index (χ2v) is 4.29. The van der Waals surface area contributed by atoms with Crippen LogP contribution >= 0.6 is 0 Å². The van der Waals surface area contributed by atoms with Gasteiger partial charge in [0.2, 0.25) is 5.88 Å². The van der Waals surface area contributed by atoms with Gasteiger partial charge in [-0.3, -0.25) is 0 Å². The van der Waals surface area contributed by atoms with Gasteiger partial charge in [-0.1, -0.05) is 12.1 Å². The molecule has 1 N–H and O–H groups in total. The first kappa shape index (κ1) is 14.3. The molecule has 0 saturated carbocycles. The van der Waals surface area contributed by atoms with E-state index in [0.29, 0.717) is 24.6 Å². The highest BCUT2D eigenvalue weighted by molar-refractivity contribution is 5.29. The van der Waals surface area contributed by atoms with Gasteiger partial charge in [0.15, 0.2) is 0 Å². The van der Waals surface area contributed by atoms with Crippen LogP contribution in [-0.2, 0) is 13.2 Å². The number of nitrogens with zero attached hydrogens (tertiary/aromatic N) is 1. The van der Waals surface area contributed by atoms with Crippen LogP contribution in [0.1, 0.15) is 11.1 Å². The molecule has 2 rings (SSSR count). The summed E-state index contributed by atoms with van der Waals surface area (Å²) in [6.45, 7) is 0.852. The van der Waals surface area contributed by atoms with Crippen molar-refractivity contribution < 1.29 is 13.9 Å². The second-order valence-electron chi connectivity index (χ2n) is 4.29. The van der Waals surface area contributed by atoms with Gasteiger partial charge < -0.3 is 14.8 Å². The molecule has 5 heteroatoms. The minimum atomic E-state index is -0.371. The molecule has 0 radical (unpaired) electrons. The van der Waals surface area contributed by atoms with E-state index in [4.69, 9.17) is 9.47 Å². The largest absolute Gasteiger partial charge is 0.497 e. The lowest BCUT2D eigenvalue weighted by molar-refractivity contribution is 0.288. The lowest BCUT2D eigenvalue weighted by atomic mass is 10.2. The normalized spacial score (nSPS) is 10.3. The SMILES string of the molecule is CNCc1cc(F)cnc1OCc1cccc(OC)c1. The molecular weight excluding hydrogens is 259 g/mol. The first-order chi connectivity index (χ1) is 9.72. The average Bonchev–Trinajstić information content (AvgIpc) is 2.47. The van der Waals surface area contributed by atoms with E-state index in [9.17, 15) is 4.39 Å². The summed E-state index contributed by atoms with van der Waals surface area (Å²) in [6.07, 6.45) is 1.15. The van der Waals surface area contributed by atoms with Crippen LogP contribution in [0.25, 0.3) is 0 Å². The van der Waals surface area contributed by atoms with Gasteiger partial charge in [-0.05, 0) is 30.8 Å². The quantitative estimate of drug-likeness (QED) is 0.880. The van der Waals surface area contributed by atoms with Crippen molar-refractivity contribution in [3.05, 3.63) is 53.5 Å². The first-order valence-corrected chi connectivity index (χ1v) is 6.27. The van der Waals surface area contributed by atoms with Gasteiger partial charge in [-0.15, -0.1) is 0 Å². The molecule has 0 unspecified atom stereocenters. The molecule has 0 spiro atoms. The molecule has 1 aromatic heterocycles. The summed E-state index contributed by atoms with van der Waals surface area (Å²) < 4.78 is 24.0. The molecule has 106 valence electrons. The maximum absolute atomic E-state index is 13.2. The van der Waals surface area contributed by atoms with Crippen molar-refractivity contribution in [3.63, 3.8) is 0 Å². The number of aromatic nitrogens is 1. The Hall–Kier alpha value is -2.14. The van der Waals surface area contributed by atoms with Gasteiger partial charge in [0.25, 0.3) is 0 Å². The Labute approximate surface area is 117 Å². The summed E-state index contributed by atoms with van der Waals surface area (Å²) in [5.41, 5.74) is 1.65. The minimum absolute atomic E-state index is 0.354. The Morgan fingerprint density at radius 2 is 2.15 bits per heavy atom. The molecule has 0 aliphatic rings. The Morgan fingerprint density at radius 1 is 1.30 bits per heavy atom. The van der Waals surface area contributed by atoms with E-state index >= 15 is 0 Å². The van der Waals surface area contributed by atoms with E-state index in [0.717, 1.165) is 17.5 Å². The molecule has 4 nitrogen and oxygen atoms in total. The molecule has 0 aliphatic carbocycles. The monoisotopic (exact) mass is 276 g/mol. The van der Waals surface area contributed by atoms with Crippen molar-refractivity contribution in [1.29, 1.82) is 0 Å². The van der Waals surface area contributed by atoms with Crippen molar-refractivity contribution in [1.82, 2.24) is 10.3 Å². The molecular formula is C15H17FN2O2. The van der Waals surface area contributed by atoms with E-state index in [1.165, 1.54) is 6.07 Å². The average molecular weight is 276 g/mol. The summed E-state index contributed by atoms with van der Waals surface area (Å²) in [6, 6.07) is 9.01. The van der Waals surface area contributed by atoms with E-state index < -0.39 is 0 Å². The summed E-state index contributed by atoms with van der Waals surface area (Å²) in [5, 5.41) is 2.96. The number of hydrogen-bond acceptors (Lipinski definition) is 4. The number of ether oxygens (including phenoxy) is 2. The predicted octanol–water partition coefficient (Wildman–Crippen LogP) is 2.53. The molecule has 0 saturated heterocycles. The van der Waals surface area contributed by atoms with Crippen molar-refractivity contribution >= 4 is 0 Å². The van der Waals surface area contributed by atoms with Gasteiger partial charge in [0.05, 0.1) is 13.3 Å². The Kier molecular flexibility index (Phi) is 4.90. The standard InChI is InChI=1S/C15H17FN2O2/c1-17-8-12-7-13(16)9-18-15(12)20-10-11-4-3-5-14(6-11)19-2/h3-7,9,17H,8,10H2,1-2H3. The molecule has 0 amide bonds. The lowest BCUT2D eigenvalue weighted by Gasteiger charge is -2.11. The highest BCUT2D eigenvalue weighted by Gasteiger charge is 2.07. The predicted molar refractivity (Wildman–Crippen MR) is 74.3 cm³/mol. The summed E-state index contributed by atoms with van der Waals surface area (Å²) in [4.78, 5) is 3.99. The number of halogens is 1. The fourth-order valence-corrected chi connectivity index (χ4v) is 1.83. The van der Waals surface area contributed by atoms with Gasteiger partial charge in [-0.25, -0.2) is 9.37 Å². The van der Waals surface area contributed by atoms with Gasteiger partial charge in [0, 0.05) is 12.1 Å². The zero-order valence-electron chi connectivity index (χ0n) is 11.5. The summed E-state index contributed by atoms with van der Waals surface area (Å²) in [7, 11) is 3.41. The minimum Gasteiger partial charge on any atom is -0.497 e. The third kappa shape index (κ3) is 3.68. The fraction of sp³-hybridized carbons (Fsp3) is 0.267. The van der Waals surface area contributed by atoms with E-state index in [1.807, 2.05) is 24.3 Å². The molecule has 0 bridgehead atoms. The van der Waals surface area contributed by atoms with E-state index in [-0.39, 0.29) is 5.82 Å². The third-order valence-electron chi connectivity index (χ3n) is 2.77. The van der Waals surface area contributed by atoms with Gasteiger partial charge in [0.1, 0.15) is 18.2 Å². The van der Waals surface area contributed by atoms with Crippen molar-refractivity contribution in [2.75, 3.05) is 14.2 Å². The molecule has 2 aromatic rings. The first-order valence-electron chi connectivity index (χ1n) is 6.27.